The fraction of sp³-hybridized carbons (Fsp3) is 0.286. The van der Waals surface area contributed by atoms with E-state index in [9.17, 15) is 14.0 Å². The molecule has 35 heavy (non-hydrogen) atoms. The molecule has 2 N–H and O–H groups in total. The molecule has 7 heteroatoms. The van der Waals surface area contributed by atoms with Gasteiger partial charge in [0.1, 0.15) is 5.82 Å². The number of carbonyl (C=O) groups is 2. The van der Waals surface area contributed by atoms with Gasteiger partial charge in [0, 0.05) is 31.9 Å². The molecule has 4 rings (SSSR count). The first-order valence-electron chi connectivity index (χ1n) is 11.9. The Bertz CT molecular complexity index is 1130. The third kappa shape index (κ3) is 7.21. The molecule has 2 amide bonds. The van der Waals surface area contributed by atoms with E-state index in [1.54, 1.807) is 12.1 Å². The number of nitrogens with one attached hydrogen (secondary N) is 2. The first kappa shape index (κ1) is 24.6. The van der Waals surface area contributed by atoms with Crippen molar-refractivity contribution in [1.29, 1.82) is 0 Å². The second-order valence-electron chi connectivity index (χ2n) is 8.89. The summed E-state index contributed by atoms with van der Waals surface area (Å²) in [5.74, 6) is -0.566. The van der Waals surface area contributed by atoms with Crippen LogP contribution >= 0.6 is 0 Å². The molecule has 0 saturated carbocycles. The van der Waals surface area contributed by atoms with Crippen LogP contribution in [0.1, 0.15) is 18.5 Å². The highest BCUT2D eigenvalue weighted by Gasteiger charge is 2.21. The maximum atomic E-state index is 13.3. The summed E-state index contributed by atoms with van der Waals surface area (Å²) in [5.41, 5.74) is 3.83. The van der Waals surface area contributed by atoms with Gasteiger partial charge < -0.3 is 10.6 Å². The largest absolute Gasteiger partial charge is 0.348 e. The molecule has 1 saturated heterocycles. The van der Waals surface area contributed by atoms with E-state index >= 15 is 0 Å². The number of anilines is 1. The van der Waals surface area contributed by atoms with Crippen LogP contribution in [-0.4, -0.2) is 60.9 Å². The van der Waals surface area contributed by atoms with Crippen molar-refractivity contribution in [1.82, 2.24) is 15.1 Å². The van der Waals surface area contributed by atoms with Gasteiger partial charge in [0.2, 0.25) is 11.8 Å². The summed E-state index contributed by atoms with van der Waals surface area (Å²) in [6.45, 7) is 5.37. The molecule has 1 unspecified atom stereocenters. The lowest BCUT2D eigenvalue weighted by molar-refractivity contribution is -0.124. The Hall–Kier alpha value is -3.55. The lowest BCUT2D eigenvalue weighted by Crippen LogP contribution is -2.51. The van der Waals surface area contributed by atoms with Crippen molar-refractivity contribution >= 4 is 17.5 Å². The van der Waals surface area contributed by atoms with Gasteiger partial charge in [-0.15, -0.1) is 0 Å². The van der Waals surface area contributed by atoms with Crippen LogP contribution in [0.3, 0.4) is 0 Å². The molecule has 1 atom stereocenters. The molecule has 182 valence electrons. The fourth-order valence-electron chi connectivity index (χ4n) is 4.24. The number of carbonyl (C=O) groups excluding carboxylic acids is 2. The van der Waals surface area contributed by atoms with E-state index in [0.29, 0.717) is 38.4 Å². The number of piperazine rings is 1. The van der Waals surface area contributed by atoms with Gasteiger partial charge in [-0.05, 0) is 41.8 Å². The predicted molar refractivity (Wildman–Crippen MR) is 136 cm³/mol. The molecule has 1 fully saturated rings. The van der Waals surface area contributed by atoms with Crippen LogP contribution in [-0.2, 0) is 9.59 Å². The summed E-state index contributed by atoms with van der Waals surface area (Å²) in [4.78, 5) is 29.0. The monoisotopic (exact) mass is 474 g/mol. The van der Waals surface area contributed by atoms with Crippen molar-refractivity contribution in [2.75, 3.05) is 44.6 Å². The van der Waals surface area contributed by atoms with Gasteiger partial charge in [0.05, 0.1) is 19.1 Å². The molecular formula is C28H31FN4O2. The first-order chi connectivity index (χ1) is 17.0. The number of nitrogens with zero attached hydrogens (tertiary/aromatic N) is 2. The Labute approximate surface area is 205 Å². The zero-order valence-corrected chi connectivity index (χ0v) is 19.9. The minimum atomic E-state index is -0.381. The second kappa shape index (κ2) is 11.7. The van der Waals surface area contributed by atoms with Gasteiger partial charge >= 0.3 is 0 Å². The molecule has 1 aliphatic rings. The Morgan fingerprint density at radius 2 is 1.40 bits per heavy atom. The Kier molecular flexibility index (Phi) is 8.23. The zero-order chi connectivity index (χ0) is 24.6. The SMILES string of the molecule is CC(NC(=O)CN1CCN(CC(=O)Nc2cccc(F)c2)CC1)c1ccc(-c2ccccc2)cc1. The third-order valence-electron chi connectivity index (χ3n) is 6.20. The summed E-state index contributed by atoms with van der Waals surface area (Å²) in [6.07, 6.45) is 0. The summed E-state index contributed by atoms with van der Waals surface area (Å²) < 4.78 is 13.3. The average molecular weight is 475 g/mol. The molecular weight excluding hydrogens is 443 g/mol. The standard InChI is InChI=1S/C28H31FN4O2/c1-21(22-10-12-24(13-11-22)23-6-3-2-4-7-23)30-27(34)19-32-14-16-33(17-15-32)20-28(35)31-26-9-5-8-25(29)18-26/h2-13,18,21H,14-17,19-20H2,1H3,(H,30,34)(H,31,35). The summed E-state index contributed by atoms with van der Waals surface area (Å²) >= 11 is 0. The maximum Gasteiger partial charge on any atom is 0.238 e. The molecule has 1 heterocycles. The fourth-order valence-corrected chi connectivity index (χ4v) is 4.24. The number of hydrogen-bond donors (Lipinski definition) is 2. The molecule has 1 aliphatic heterocycles. The molecule has 0 radical (unpaired) electrons. The molecule has 6 nitrogen and oxygen atoms in total. The number of hydrogen-bond acceptors (Lipinski definition) is 4. The van der Waals surface area contributed by atoms with Crippen molar-refractivity contribution < 1.29 is 14.0 Å². The number of rotatable bonds is 8. The van der Waals surface area contributed by atoms with Crippen LogP contribution in [0.15, 0.2) is 78.9 Å². The average Bonchev–Trinajstić information content (AvgIpc) is 2.86. The predicted octanol–water partition coefficient (Wildman–Crippen LogP) is 3.93. The van der Waals surface area contributed by atoms with Crippen molar-refractivity contribution in [3.8, 4) is 11.1 Å². The van der Waals surface area contributed by atoms with Gasteiger partial charge in [-0.1, -0.05) is 60.7 Å². The van der Waals surface area contributed by atoms with E-state index in [1.807, 2.05) is 30.0 Å². The quantitative estimate of drug-likeness (QED) is 0.519. The zero-order valence-electron chi connectivity index (χ0n) is 19.9. The van der Waals surface area contributed by atoms with Gasteiger partial charge in [0.15, 0.2) is 0 Å². The Balaban J connectivity index is 1.18. The first-order valence-corrected chi connectivity index (χ1v) is 11.9. The lowest BCUT2D eigenvalue weighted by Gasteiger charge is -2.34. The molecule has 3 aromatic rings. The highest BCUT2D eigenvalue weighted by atomic mass is 19.1. The van der Waals surface area contributed by atoms with Crippen LogP contribution in [0.25, 0.3) is 11.1 Å². The topological polar surface area (TPSA) is 64.7 Å². The van der Waals surface area contributed by atoms with E-state index in [0.717, 1.165) is 11.1 Å². The van der Waals surface area contributed by atoms with Gasteiger partial charge in [-0.3, -0.25) is 19.4 Å². The molecule has 0 aromatic heterocycles. The number of halogens is 1. The van der Waals surface area contributed by atoms with Crippen LogP contribution in [0.4, 0.5) is 10.1 Å². The number of benzene rings is 3. The highest BCUT2D eigenvalue weighted by molar-refractivity contribution is 5.92. The van der Waals surface area contributed by atoms with Gasteiger partial charge in [-0.25, -0.2) is 4.39 Å². The van der Waals surface area contributed by atoms with E-state index in [2.05, 4.69) is 51.9 Å². The maximum absolute atomic E-state index is 13.3. The van der Waals surface area contributed by atoms with Crippen molar-refractivity contribution in [2.45, 2.75) is 13.0 Å². The van der Waals surface area contributed by atoms with Crippen LogP contribution in [0.2, 0.25) is 0 Å². The van der Waals surface area contributed by atoms with Crippen molar-refractivity contribution in [3.05, 3.63) is 90.2 Å². The van der Waals surface area contributed by atoms with Crippen LogP contribution in [0.5, 0.6) is 0 Å². The molecule has 0 bridgehead atoms. The normalized spacial score (nSPS) is 15.4. The molecule has 0 spiro atoms. The van der Waals surface area contributed by atoms with E-state index < -0.39 is 0 Å². The van der Waals surface area contributed by atoms with E-state index in [-0.39, 0.29) is 30.2 Å². The van der Waals surface area contributed by atoms with Gasteiger partial charge in [-0.2, -0.15) is 0 Å². The number of amides is 2. The minimum Gasteiger partial charge on any atom is -0.348 e. The Morgan fingerprint density at radius 3 is 2.03 bits per heavy atom. The van der Waals surface area contributed by atoms with Gasteiger partial charge in [0.25, 0.3) is 0 Å². The van der Waals surface area contributed by atoms with E-state index in [4.69, 9.17) is 0 Å². The van der Waals surface area contributed by atoms with E-state index in [1.165, 1.54) is 17.7 Å². The summed E-state index contributed by atoms with van der Waals surface area (Å²) in [6, 6.07) is 24.3. The summed E-state index contributed by atoms with van der Waals surface area (Å²) in [7, 11) is 0. The summed E-state index contributed by atoms with van der Waals surface area (Å²) in [5, 5.41) is 5.81. The highest BCUT2D eigenvalue weighted by Crippen LogP contribution is 2.21. The minimum absolute atomic E-state index is 0.0121. The Morgan fingerprint density at radius 1 is 0.800 bits per heavy atom. The van der Waals surface area contributed by atoms with Crippen molar-refractivity contribution in [2.24, 2.45) is 0 Å². The van der Waals surface area contributed by atoms with Crippen LogP contribution in [0, 0.1) is 5.82 Å². The smallest absolute Gasteiger partial charge is 0.238 e. The lowest BCUT2D eigenvalue weighted by atomic mass is 10.0. The third-order valence-corrected chi connectivity index (χ3v) is 6.20. The second-order valence-corrected chi connectivity index (χ2v) is 8.89. The van der Waals surface area contributed by atoms with Crippen LogP contribution < -0.4 is 10.6 Å². The molecule has 0 aliphatic carbocycles. The van der Waals surface area contributed by atoms with Crippen molar-refractivity contribution in [3.63, 3.8) is 0 Å². The molecule has 3 aromatic carbocycles.